The van der Waals surface area contributed by atoms with Gasteiger partial charge in [0.1, 0.15) is 0 Å². The first-order chi connectivity index (χ1) is 4.43. The lowest BCUT2D eigenvalue weighted by molar-refractivity contribution is 0.760. The molecule has 0 spiro atoms. The van der Waals surface area contributed by atoms with E-state index in [1.54, 1.807) is 5.57 Å². The molecule has 0 nitrogen and oxygen atoms in total. The van der Waals surface area contributed by atoms with Gasteiger partial charge in [0.15, 0.2) is 0 Å². The summed E-state index contributed by atoms with van der Waals surface area (Å²) in [6, 6.07) is 0. The normalized spacial score (nSPS) is 18.1. The molecule has 51 valence electrons. The van der Waals surface area contributed by atoms with Gasteiger partial charge in [0, 0.05) is 0 Å². The van der Waals surface area contributed by atoms with Crippen molar-refractivity contribution >= 4 is 0 Å². The molecule has 1 rings (SSSR count). The molecule has 0 aliphatic heterocycles. The summed E-state index contributed by atoms with van der Waals surface area (Å²) in [4.78, 5) is 0. The van der Waals surface area contributed by atoms with E-state index in [0.717, 1.165) is 0 Å². The Morgan fingerprint density at radius 1 is 1.56 bits per heavy atom. The highest BCUT2D eigenvalue weighted by Gasteiger charge is 2.02. The highest BCUT2D eigenvalue weighted by atomic mass is 14.1. The Kier molecular flexibility index (Phi) is 2.82. The van der Waals surface area contributed by atoms with Crippen molar-refractivity contribution in [2.24, 2.45) is 0 Å². The van der Waals surface area contributed by atoms with Crippen LogP contribution in [0.3, 0.4) is 0 Å². The molecular weight excluding hydrogens is 108 g/mol. The van der Waals surface area contributed by atoms with Gasteiger partial charge in [-0.05, 0) is 38.2 Å². The van der Waals surface area contributed by atoms with Gasteiger partial charge in [0.05, 0.1) is 0 Å². The van der Waals surface area contributed by atoms with E-state index in [9.17, 15) is 0 Å². The molecule has 0 fully saturated rings. The smallest absolute Gasteiger partial charge is 0.0274 e. The van der Waals surface area contributed by atoms with E-state index in [1.807, 2.05) is 0 Å². The minimum atomic E-state index is 1.22. The fourth-order valence-electron chi connectivity index (χ4n) is 1.26. The van der Waals surface area contributed by atoms with Crippen LogP contribution in [0.15, 0.2) is 5.57 Å². The molecule has 0 aromatic heterocycles. The van der Waals surface area contributed by atoms with Crippen molar-refractivity contribution in [1.29, 1.82) is 0 Å². The monoisotopic (exact) mass is 123 g/mol. The zero-order valence-corrected chi connectivity index (χ0v) is 6.24. The van der Waals surface area contributed by atoms with Gasteiger partial charge in [0.2, 0.25) is 0 Å². The molecule has 0 heterocycles. The Balaban J connectivity index is 2.11. The maximum absolute atomic E-state index is 3.41. The average molecular weight is 123 g/mol. The minimum absolute atomic E-state index is 1.22. The van der Waals surface area contributed by atoms with Gasteiger partial charge in [0.25, 0.3) is 0 Å². The molecule has 0 aromatic carbocycles. The maximum atomic E-state index is 3.41. The fourth-order valence-corrected chi connectivity index (χ4v) is 1.26. The van der Waals surface area contributed by atoms with Crippen LogP contribution in [0.2, 0.25) is 0 Å². The SMILES string of the molecule is CCCCC1=[C]CCC1. The van der Waals surface area contributed by atoms with E-state index in [4.69, 9.17) is 0 Å². The summed E-state index contributed by atoms with van der Waals surface area (Å²) in [6.07, 6.45) is 11.3. The first-order valence-corrected chi connectivity index (χ1v) is 4.02. The number of allylic oxidation sites excluding steroid dienone is 2. The van der Waals surface area contributed by atoms with Crippen LogP contribution in [0.4, 0.5) is 0 Å². The van der Waals surface area contributed by atoms with Crippen LogP contribution in [0.25, 0.3) is 0 Å². The zero-order chi connectivity index (χ0) is 6.53. The van der Waals surface area contributed by atoms with E-state index >= 15 is 0 Å². The molecule has 0 atom stereocenters. The van der Waals surface area contributed by atoms with Crippen LogP contribution in [-0.2, 0) is 0 Å². The fraction of sp³-hybridized carbons (Fsp3) is 0.778. The predicted octanol–water partition coefficient (Wildman–Crippen LogP) is 3.09. The molecule has 0 unspecified atom stereocenters. The second kappa shape index (κ2) is 3.71. The first-order valence-electron chi connectivity index (χ1n) is 4.02. The maximum Gasteiger partial charge on any atom is -0.0274 e. The molecule has 1 radical (unpaired) electrons. The minimum Gasteiger partial charge on any atom is -0.0667 e. The Labute approximate surface area is 58.0 Å². The van der Waals surface area contributed by atoms with Crippen molar-refractivity contribution in [2.45, 2.75) is 45.4 Å². The Hall–Kier alpha value is -0.260. The van der Waals surface area contributed by atoms with Crippen LogP contribution in [-0.4, -0.2) is 0 Å². The van der Waals surface area contributed by atoms with E-state index in [0.29, 0.717) is 0 Å². The number of rotatable bonds is 3. The van der Waals surface area contributed by atoms with Crippen LogP contribution < -0.4 is 0 Å². The molecule has 0 saturated carbocycles. The van der Waals surface area contributed by atoms with Crippen molar-refractivity contribution in [3.8, 4) is 0 Å². The van der Waals surface area contributed by atoms with Gasteiger partial charge in [-0.1, -0.05) is 18.9 Å². The zero-order valence-electron chi connectivity index (χ0n) is 6.24. The lowest BCUT2D eigenvalue weighted by Gasteiger charge is -1.96. The molecular formula is C9H15. The third kappa shape index (κ3) is 2.21. The van der Waals surface area contributed by atoms with Gasteiger partial charge in [-0.25, -0.2) is 0 Å². The molecule has 1 aliphatic carbocycles. The van der Waals surface area contributed by atoms with Gasteiger partial charge in [-0.3, -0.25) is 0 Å². The summed E-state index contributed by atoms with van der Waals surface area (Å²) in [5.74, 6) is 0. The van der Waals surface area contributed by atoms with Crippen LogP contribution in [0.1, 0.15) is 45.4 Å². The molecule has 0 amide bonds. The van der Waals surface area contributed by atoms with E-state index < -0.39 is 0 Å². The topological polar surface area (TPSA) is 0 Å². The quantitative estimate of drug-likeness (QED) is 0.541. The van der Waals surface area contributed by atoms with Crippen LogP contribution in [0.5, 0.6) is 0 Å². The summed E-state index contributed by atoms with van der Waals surface area (Å²) >= 11 is 0. The Bertz CT molecular complexity index is 101. The molecule has 0 bridgehead atoms. The third-order valence-corrected chi connectivity index (χ3v) is 1.86. The molecule has 9 heavy (non-hydrogen) atoms. The number of unbranched alkanes of at least 4 members (excludes halogenated alkanes) is 1. The highest BCUT2D eigenvalue weighted by molar-refractivity contribution is 5.01. The average Bonchev–Trinajstić information content (AvgIpc) is 2.34. The molecule has 0 saturated heterocycles. The number of hydrogen-bond acceptors (Lipinski definition) is 0. The molecule has 0 aromatic rings. The standard InChI is InChI=1S/C9H15/c1-2-3-6-9-7-4-5-8-9/h2-7H2,1H3. The second-order valence-electron chi connectivity index (χ2n) is 2.74. The predicted molar refractivity (Wildman–Crippen MR) is 40.1 cm³/mol. The summed E-state index contributed by atoms with van der Waals surface area (Å²) in [6.45, 7) is 2.25. The molecule has 0 heteroatoms. The second-order valence-corrected chi connectivity index (χ2v) is 2.74. The third-order valence-electron chi connectivity index (χ3n) is 1.86. The highest BCUT2D eigenvalue weighted by Crippen LogP contribution is 2.21. The van der Waals surface area contributed by atoms with Crippen LogP contribution in [0, 0.1) is 6.08 Å². The summed E-state index contributed by atoms with van der Waals surface area (Å²) in [5, 5.41) is 0. The van der Waals surface area contributed by atoms with Crippen molar-refractivity contribution in [1.82, 2.24) is 0 Å². The lowest BCUT2D eigenvalue weighted by atomic mass is 10.1. The Morgan fingerprint density at radius 3 is 3.00 bits per heavy atom. The molecule has 1 aliphatic rings. The van der Waals surface area contributed by atoms with Crippen molar-refractivity contribution in [2.75, 3.05) is 0 Å². The largest absolute Gasteiger partial charge is 0.0667 e. The summed E-state index contributed by atoms with van der Waals surface area (Å²) < 4.78 is 0. The van der Waals surface area contributed by atoms with Gasteiger partial charge in [-0.15, -0.1) is 0 Å². The molecule has 0 N–H and O–H groups in total. The van der Waals surface area contributed by atoms with Crippen molar-refractivity contribution < 1.29 is 0 Å². The van der Waals surface area contributed by atoms with Crippen molar-refractivity contribution in [3.63, 3.8) is 0 Å². The first kappa shape index (κ1) is 6.85. The lowest BCUT2D eigenvalue weighted by Crippen LogP contribution is -1.77. The van der Waals surface area contributed by atoms with E-state index in [2.05, 4.69) is 13.0 Å². The number of hydrogen-bond donors (Lipinski definition) is 0. The Morgan fingerprint density at radius 2 is 2.44 bits per heavy atom. The summed E-state index contributed by atoms with van der Waals surface area (Å²) in [5.41, 5.74) is 1.59. The van der Waals surface area contributed by atoms with E-state index in [1.165, 1.54) is 38.5 Å². The van der Waals surface area contributed by atoms with E-state index in [-0.39, 0.29) is 0 Å². The van der Waals surface area contributed by atoms with Gasteiger partial charge in [-0.2, -0.15) is 0 Å². The summed E-state index contributed by atoms with van der Waals surface area (Å²) in [7, 11) is 0. The van der Waals surface area contributed by atoms with Crippen LogP contribution >= 0.6 is 0 Å². The van der Waals surface area contributed by atoms with Gasteiger partial charge < -0.3 is 0 Å². The van der Waals surface area contributed by atoms with Crippen molar-refractivity contribution in [3.05, 3.63) is 11.6 Å². The van der Waals surface area contributed by atoms with Gasteiger partial charge >= 0.3 is 0 Å².